The van der Waals surface area contributed by atoms with Crippen molar-refractivity contribution in [1.82, 2.24) is 4.57 Å². The lowest BCUT2D eigenvalue weighted by Gasteiger charge is -2.14. The summed E-state index contributed by atoms with van der Waals surface area (Å²) in [6, 6.07) is 0. The number of aromatic nitrogens is 1. The second-order valence-corrected chi connectivity index (χ2v) is 5.50. The van der Waals surface area contributed by atoms with Gasteiger partial charge in [-0.3, -0.25) is 9.59 Å². The first-order valence-corrected chi connectivity index (χ1v) is 6.67. The van der Waals surface area contributed by atoms with Crippen molar-refractivity contribution in [2.24, 2.45) is 5.92 Å². The largest absolute Gasteiger partial charge is 0.506 e. The molecule has 0 saturated heterocycles. The first-order valence-electron chi connectivity index (χ1n) is 6.67. The third-order valence-electron chi connectivity index (χ3n) is 3.44. The molecule has 1 amide bonds. The molecule has 1 aromatic rings. The van der Waals surface area contributed by atoms with Gasteiger partial charge in [-0.15, -0.1) is 0 Å². The molecule has 0 bridgehead atoms. The van der Waals surface area contributed by atoms with E-state index in [1.807, 2.05) is 13.8 Å². The van der Waals surface area contributed by atoms with Crippen molar-refractivity contribution in [2.45, 2.75) is 46.6 Å². The van der Waals surface area contributed by atoms with Crippen LogP contribution in [-0.2, 0) is 17.8 Å². The standard InChI is InChI=1S/C14H20N2O3/c1-8(2)7-11(17)15-12-9(3)13(18)10-5-4-6-16(10)14(12)19/h8,18H,4-7H2,1-3H3,(H,15,17). The average Bonchev–Trinajstić information content (AvgIpc) is 2.80. The third kappa shape index (κ3) is 2.50. The number of hydrogen-bond donors (Lipinski definition) is 2. The van der Waals surface area contributed by atoms with E-state index < -0.39 is 0 Å². The van der Waals surface area contributed by atoms with E-state index in [0.29, 0.717) is 30.6 Å². The van der Waals surface area contributed by atoms with Crippen molar-refractivity contribution >= 4 is 11.6 Å². The molecule has 0 spiro atoms. The number of anilines is 1. The molecule has 0 aliphatic carbocycles. The van der Waals surface area contributed by atoms with E-state index in [4.69, 9.17) is 0 Å². The van der Waals surface area contributed by atoms with Crippen molar-refractivity contribution in [3.63, 3.8) is 0 Å². The number of hydrogen-bond acceptors (Lipinski definition) is 3. The van der Waals surface area contributed by atoms with Gasteiger partial charge in [0.05, 0.1) is 5.69 Å². The molecule has 0 aromatic carbocycles. The minimum absolute atomic E-state index is 0.136. The Labute approximate surface area is 112 Å². The van der Waals surface area contributed by atoms with E-state index in [0.717, 1.165) is 6.42 Å². The van der Waals surface area contributed by atoms with Crippen LogP contribution in [0.5, 0.6) is 5.75 Å². The van der Waals surface area contributed by atoms with Gasteiger partial charge in [0.25, 0.3) is 5.56 Å². The maximum absolute atomic E-state index is 12.3. The van der Waals surface area contributed by atoms with Crippen LogP contribution >= 0.6 is 0 Å². The highest BCUT2D eigenvalue weighted by Crippen LogP contribution is 2.30. The quantitative estimate of drug-likeness (QED) is 0.874. The van der Waals surface area contributed by atoms with Gasteiger partial charge >= 0.3 is 0 Å². The van der Waals surface area contributed by atoms with Gasteiger partial charge in [0.15, 0.2) is 0 Å². The lowest BCUT2D eigenvalue weighted by atomic mass is 10.1. The number of fused-ring (bicyclic) bond motifs is 1. The van der Waals surface area contributed by atoms with Crippen LogP contribution in [0.4, 0.5) is 5.69 Å². The minimum atomic E-state index is -0.208. The number of amides is 1. The summed E-state index contributed by atoms with van der Waals surface area (Å²) in [5.41, 5.74) is 1.16. The molecule has 2 heterocycles. The normalized spacial score (nSPS) is 13.7. The predicted octanol–water partition coefficient (Wildman–Crippen LogP) is 1.79. The third-order valence-corrected chi connectivity index (χ3v) is 3.44. The van der Waals surface area contributed by atoms with Gasteiger partial charge in [-0.25, -0.2) is 0 Å². The summed E-state index contributed by atoms with van der Waals surface area (Å²) in [6.07, 6.45) is 1.93. The second-order valence-electron chi connectivity index (χ2n) is 5.50. The Hall–Kier alpha value is -1.78. The monoisotopic (exact) mass is 264 g/mol. The number of carbonyl (C=O) groups excluding carboxylic acids is 1. The van der Waals surface area contributed by atoms with Crippen molar-refractivity contribution in [3.8, 4) is 5.75 Å². The number of nitrogens with zero attached hydrogens (tertiary/aromatic N) is 1. The summed E-state index contributed by atoms with van der Waals surface area (Å²) in [5, 5.41) is 12.8. The molecule has 5 nitrogen and oxygen atoms in total. The van der Waals surface area contributed by atoms with Crippen LogP contribution in [0.15, 0.2) is 4.79 Å². The van der Waals surface area contributed by atoms with Crippen LogP contribution in [0.25, 0.3) is 0 Å². The molecule has 0 saturated carbocycles. The molecule has 2 rings (SSSR count). The maximum Gasteiger partial charge on any atom is 0.275 e. The van der Waals surface area contributed by atoms with E-state index in [1.54, 1.807) is 11.5 Å². The fraction of sp³-hybridized carbons (Fsp3) is 0.571. The Balaban J connectivity index is 2.39. The lowest BCUT2D eigenvalue weighted by molar-refractivity contribution is -0.116. The van der Waals surface area contributed by atoms with Crippen molar-refractivity contribution in [2.75, 3.05) is 5.32 Å². The van der Waals surface area contributed by atoms with E-state index in [-0.39, 0.29) is 28.8 Å². The Morgan fingerprint density at radius 2 is 2.16 bits per heavy atom. The number of aromatic hydroxyl groups is 1. The van der Waals surface area contributed by atoms with Gasteiger partial charge in [-0.05, 0) is 25.7 Å². The zero-order valence-corrected chi connectivity index (χ0v) is 11.6. The second kappa shape index (κ2) is 5.07. The highest BCUT2D eigenvalue weighted by Gasteiger charge is 2.23. The Kier molecular flexibility index (Phi) is 3.64. The van der Waals surface area contributed by atoms with E-state index in [1.165, 1.54) is 0 Å². The van der Waals surface area contributed by atoms with Crippen LogP contribution in [-0.4, -0.2) is 15.6 Å². The van der Waals surface area contributed by atoms with Crippen LogP contribution in [0.2, 0.25) is 0 Å². The zero-order chi connectivity index (χ0) is 14.2. The van der Waals surface area contributed by atoms with E-state index in [2.05, 4.69) is 5.32 Å². The molecule has 1 aliphatic rings. The van der Waals surface area contributed by atoms with E-state index >= 15 is 0 Å². The number of carbonyl (C=O) groups is 1. The summed E-state index contributed by atoms with van der Waals surface area (Å²) >= 11 is 0. The molecule has 0 unspecified atom stereocenters. The van der Waals surface area contributed by atoms with Crippen molar-refractivity contribution < 1.29 is 9.90 Å². The molecular formula is C14H20N2O3. The molecular weight excluding hydrogens is 244 g/mol. The smallest absolute Gasteiger partial charge is 0.275 e. The highest BCUT2D eigenvalue weighted by molar-refractivity contribution is 5.91. The summed E-state index contributed by atoms with van der Waals surface area (Å²) in [7, 11) is 0. The van der Waals surface area contributed by atoms with Crippen LogP contribution in [0, 0.1) is 12.8 Å². The van der Waals surface area contributed by atoms with Crippen molar-refractivity contribution in [1.29, 1.82) is 0 Å². The Morgan fingerprint density at radius 3 is 2.79 bits per heavy atom. The number of pyridine rings is 1. The fourth-order valence-corrected chi connectivity index (χ4v) is 2.48. The molecule has 5 heteroatoms. The van der Waals surface area contributed by atoms with Gasteiger partial charge in [-0.2, -0.15) is 0 Å². The fourth-order valence-electron chi connectivity index (χ4n) is 2.48. The van der Waals surface area contributed by atoms with Crippen molar-refractivity contribution in [3.05, 3.63) is 21.6 Å². The molecule has 0 radical (unpaired) electrons. The molecule has 1 aromatic heterocycles. The number of nitrogens with one attached hydrogen (secondary N) is 1. The minimum Gasteiger partial charge on any atom is -0.506 e. The molecule has 2 N–H and O–H groups in total. The predicted molar refractivity (Wildman–Crippen MR) is 73.5 cm³/mol. The number of rotatable bonds is 3. The van der Waals surface area contributed by atoms with Gasteiger partial charge in [-0.1, -0.05) is 13.8 Å². The average molecular weight is 264 g/mol. The lowest BCUT2D eigenvalue weighted by Crippen LogP contribution is -2.27. The molecule has 0 atom stereocenters. The van der Waals surface area contributed by atoms with Gasteiger partial charge in [0, 0.05) is 18.5 Å². The first-order chi connectivity index (χ1) is 8.91. The summed E-state index contributed by atoms with van der Waals surface area (Å²) in [5.74, 6) is 0.177. The molecule has 104 valence electrons. The van der Waals surface area contributed by atoms with E-state index in [9.17, 15) is 14.7 Å². The van der Waals surface area contributed by atoms with Crippen LogP contribution in [0.3, 0.4) is 0 Å². The first kappa shape index (κ1) is 13.6. The topological polar surface area (TPSA) is 71.3 Å². The SMILES string of the molecule is Cc1c(O)c2n(c(=O)c1NC(=O)CC(C)C)CCC2. The van der Waals surface area contributed by atoms with Gasteiger partial charge in [0.1, 0.15) is 11.4 Å². The molecule has 19 heavy (non-hydrogen) atoms. The Bertz CT molecular complexity index is 573. The summed E-state index contributed by atoms with van der Waals surface area (Å²) in [4.78, 5) is 24.1. The summed E-state index contributed by atoms with van der Waals surface area (Å²) in [6.45, 7) is 6.16. The molecule has 0 fully saturated rings. The summed E-state index contributed by atoms with van der Waals surface area (Å²) < 4.78 is 1.56. The highest BCUT2D eigenvalue weighted by atomic mass is 16.3. The van der Waals surface area contributed by atoms with Gasteiger partial charge < -0.3 is 15.0 Å². The van der Waals surface area contributed by atoms with Gasteiger partial charge in [0.2, 0.25) is 5.91 Å². The van der Waals surface area contributed by atoms with Crippen LogP contribution < -0.4 is 10.9 Å². The molecule has 1 aliphatic heterocycles. The van der Waals surface area contributed by atoms with Crippen LogP contribution in [0.1, 0.15) is 37.9 Å². The zero-order valence-electron chi connectivity index (χ0n) is 11.6. The maximum atomic E-state index is 12.3. The Morgan fingerprint density at radius 1 is 1.47 bits per heavy atom.